The third-order valence-corrected chi connectivity index (χ3v) is 4.44. The Hall–Kier alpha value is -2.00. The number of methoxy groups -OCH3 is 1. The van der Waals surface area contributed by atoms with Gasteiger partial charge in [0.25, 0.3) is 0 Å². The van der Waals surface area contributed by atoms with E-state index in [1.165, 1.54) is 36.8 Å². The molecule has 1 N–H and O–H groups in total. The van der Waals surface area contributed by atoms with Crippen LogP contribution >= 0.6 is 0 Å². The van der Waals surface area contributed by atoms with Crippen LogP contribution in [0, 0.1) is 6.92 Å². The van der Waals surface area contributed by atoms with E-state index in [0.29, 0.717) is 6.61 Å². The van der Waals surface area contributed by atoms with Crippen LogP contribution in [-0.2, 0) is 13.2 Å². The summed E-state index contributed by atoms with van der Waals surface area (Å²) < 4.78 is 11.7. The summed E-state index contributed by atoms with van der Waals surface area (Å²) in [6.45, 7) is 6.73. The summed E-state index contributed by atoms with van der Waals surface area (Å²) in [6.07, 6.45) is 5.09. The molecular formula is C22H31NO2. The van der Waals surface area contributed by atoms with Gasteiger partial charge in [-0.25, -0.2) is 0 Å². The van der Waals surface area contributed by atoms with Gasteiger partial charge in [0.2, 0.25) is 0 Å². The van der Waals surface area contributed by atoms with Crippen molar-refractivity contribution in [3.63, 3.8) is 0 Å². The third-order valence-electron chi connectivity index (χ3n) is 4.44. The SMILES string of the molecule is CCCCCCNCc1cccc(OC)c1OCc1ccccc1C. The smallest absolute Gasteiger partial charge is 0.166 e. The standard InChI is InChI=1S/C22H31NO2/c1-4-5-6-9-15-23-16-19-13-10-14-21(24-3)22(19)25-17-20-12-8-7-11-18(20)2/h7-8,10-14,23H,4-6,9,15-17H2,1-3H3. The van der Waals surface area contributed by atoms with Gasteiger partial charge in [0, 0.05) is 12.1 Å². The first kappa shape index (κ1) is 19.3. The Labute approximate surface area is 152 Å². The zero-order valence-corrected chi connectivity index (χ0v) is 15.8. The first-order valence-electron chi connectivity index (χ1n) is 9.30. The van der Waals surface area contributed by atoms with E-state index in [9.17, 15) is 0 Å². The molecule has 0 amide bonds. The van der Waals surface area contributed by atoms with Crippen LogP contribution in [0.25, 0.3) is 0 Å². The molecule has 0 saturated heterocycles. The van der Waals surface area contributed by atoms with Crippen molar-refractivity contribution >= 4 is 0 Å². The van der Waals surface area contributed by atoms with Gasteiger partial charge in [-0.2, -0.15) is 0 Å². The number of rotatable bonds is 11. The van der Waals surface area contributed by atoms with Gasteiger partial charge in [0.15, 0.2) is 11.5 Å². The van der Waals surface area contributed by atoms with Crippen molar-refractivity contribution in [1.29, 1.82) is 0 Å². The van der Waals surface area contributed by atoms with Crippen LogP contribution in [0.5, 0.6) is 11.5 Å². The van der Waals surface area contributed by atoms with Crippen LogP contribution in [0.3, 0.4) is 0 Å². The number of nitrogens with one attached hydrogen (secondary N) is 1. The molecule has 0 radical (unpaired) electrons. The van der Waals surface area contributed by atoms with Crippen molar-refractivity contribution in [2.45, 2.75) is 52.7 Å². The molecule has 0 aliphatic carbocycles. The molecule has 2 rings (SSSR count). The van der Waals surface area contributed by atoms with Gasteiger partial charge < -0.3 is 14.8 Å². The number of benzene rings is 2. The zero-order chi connectivity index (χ0) is 17.9. The van der Waals surface area contributed by atoms with Crippen molar-refractivity contribution < 1.29 is 9.47 Å². The molecule has 0 aliphatic heterocycles. The Balaban J connectivity index is 1.98. The van der Waals surface area contributed by atoms with E-state index in [2.05, 4.69) is 43.4 Å². The Bertz CT molecular complexity index is 640. The highest BCUT2D eigenvalue weighted by Crippen LogP contribution is 2.32. The topological polar surface area (TPSA) is 30.5 Å². The Morgan fingerprint density at radius 1 is 0.920 bits per heavy atom. The Kier molecular flexibility index (Phi) is 8.33. The molecule has 0 bridgehead atoms. The van der Waals surface area contributed by atoms with Crippen molar-refractivity contribution in [1.82, 2.24) is 5.32 Å². The van der Waals surface area contributed by atoms with Gasteiger partial charge in [0.1, 0.15) is 6.61 Å². The van der Waals surface area contributed by atoms with Crippen molar-refractivity contribution in [2.24, 2.45) is 0 Å². The van der Waals surface area contributed by atoms with Crippen LogP contribution in [0.4, 0.5) is 0 Å². The molecule has 0 saturated carbocycles. The maximum atomic E-state index is 6.16. The monoisotopic (exact) mass is 341 g/mol. The Morgan fingerprint density at radius 2 is 1.72 bits per heavy atom. The highest BCUT2D eigenvalue weighted by molar-refractivity contribution is 5.46. The normalized spacial score (nSPS) is 10.7. The summed E-state index contributed by atoms with van der Waals surface area (Å²) >= 11 is 0. The summed E-state index contributed by atoms with van der Waals surface area (Å²) in [4.78, 5) is 0. The average Bonchev–Trinajstić information content (AvgIpc) is 2.64. The third kappa shape index (κ3) is 6.09. The Morgan fingerprint density at radius 3 is 2.48 bits per heavy atom. The van der Waals surface area contributed by atoms with Gasteiger partial charge in [-0.3, -0.25) is 0 Å². The molecule has 3 heteroatoms. The predicted octanol–water partition coefficient (Wildman–Crippen LogP) is 5.25. The number of hydrogen-bond donors (Lipinski definition) is 1. The number of ether oxygens (including phenoxy) is 2. The van der Waals surface area contributed by atoms with E-state index in [1.54, 1.807) is 7.11 Å². The lowest BCUT2D eigenvalue weighted by Gasteiger charge is -2.16. The molecule has 25 heavy (non-hydrogen) atoms. The summed E-state index contributed by atoms with van der Waals surface area (Å²) in [7, 11) is 1.69. The van der Waals surface area contributed by atoms with E-state index in [-0.39, 0.29) is 0 Å². The molecule has 0 unspecified atom stereocenters. The number of hydrogen-bond acceptors (Lipinski definition) is 3. The quantitative estimate of drug-likeness (QED) is 0.566. The van der Waals surface area contributed by atoms with Crippen LogP contribution in [0.1, 0.15) is 49.3 Å². The molecule has 0 heterocycles. The van der Waals surface area contributed by atoms with Gasteiger partial charge in [-0.15, -0.1) is 0 Å². The van der Waals surface area contributed by atoms with Crippen molar-refractivity contribution in [3.8, 4) is 11.5 Å². The van der Waals surface area contributed by atoms with E-state index in [0.717, 1.165) is 30.2 Å². The lowest BCUT2D eigenvalue weighted by molar-refractivity contribution is 0.280. The predicted molar refractivity (Wildman–Crippen MR) is 104 cm³/mol. The summed E-state index contributed by atoms with van der Waals surface area (Å²) in [6, 6.07) is 14.4. The maximum Gasteiger partial charge on any atom is 0.166 e. The van der Waals surface area contributed by atoms with Crippen LogP contribution in [0.2, 0.25) is 0 Å². The summed E-state index contributed by atoms with van der Waals surface area (Å²) in [5.74, 6) is 1.63. The molecule has 0 aromatic heterocycles. The fourth-order valence-corrected chi connectivity index (χ4v) is 2.85. The summed E-state index contributed by atoms with van der Waals surface area (Å²) in [5.41, 5.74) is 3.59. The minimum absolute atomic E-state index is 0.552. The van der Waals surface area contributed by atoms with E-state index in [1.807, 2.05) is 18.2 Å². The second-order valence-corrected chi connectivity index (χ2v) is 6.40. The van der Waals surface area contributed by atoms with Gasteiger partial charge >= 0.3 is 0 Å². The molecular weight excluding hydrogens is 310 g/mol. The number of unbranched alkanes of at least 4 members (excludes halogenated alkanes) is 3. The highest BCUT2D eigenvalue weighted by Gasteiger charge is 2.11. The maximum absolute atomic E-state index is 6.16. The van der Waals surface area contributed by atoms with Crippen LogP contribution in [-0.4, -0.2) is 13.7 Å². The van der Waals surface area contributed by atoms with Gasteiger partial charge in [-0.05, 0) is 37.1 Å². The molecule has 0 aliphatic rings. The minimum atomic E-state index is 0.552. The van der Waals surface area contributed by atoms with E-state index < -0.39 is 0 Å². The number of para-hydroxylation sites is 1. The first-order valence-corrected chi connectivity index (χ1v) is 9.30. The zero-order valence-electron chi connectivity index (χ0n) is 15.8. The van der Waals surface area contributed by atoms with E-state index >= 15 is 0 Å². The molecule has 136 valence electrons. The lowest BCUT2D eigenvalue weighted by Crippen LogP contribution is -2.15. The first-order chi connectivity index (χ1) is 12.3. The number of aryl methyl sites for hydroxylation is 1. The van der Waals surface area contributed by atoms with Crippen molar-refractivity contribution in [3.05, 3.63) is 59.2 Å². The highest BCUT2D eigenvalue weighted by atomic mass is 16.5. The molecule has 2 aromatic carbocycles. The van der Waals surface area contributed by atoms with Crippen molar-refractivity contribution in [2.75, 3.05) is 13.7 Å². The second-order valence-electron chi connectivity index (χ2n) is 6.40. The molecule has 0 atom stereocenters. The lowest BCUT2D eigenvalue weighted by atomic mass is 10.1. The average molecular weight is 341 g/mol. The van der Waals surface area contributed by atoms with Crippen LogP contribution in [0.15, 0.2) is 42.5 Å². The molecule has 3 nitrogen and oxygen atoms in total. The second kappa shape index (κ2) is 10.8. The van der Waals surface area contributed by atoms with E-state index in [4.69, 9.17) is 9.47 Å². The largest absolute Gasteiger partial charge is 0.493 e. The van der Waals surface area contributed by atoms with Gasteiger partial charge in [-0.1, -0.05) is 62.6 Å². The fraction of sp³-hybridized carbons (Fsp3) is 0.455. The summed E-state index contributed by atoms with van der Waals surface area (Å²) in [5, 5.41) is 3.53. The molecule has 0 spiro atoms. The molecule has 0 fully saturated rings. The molecule has 2 aromatic rings. The van der Waals surface area contributed by atoms with Crippen LogP contribution < -0.4 is 14.8 Å². The minimum Gasteiger partial charge on any atom is -0.493 e. The van der Waals surface area contributed by atoms with Gasteiger partial charge in [0.05, 0.1) is 7.11 Å². The fourth-order valence-electron chi connectivity index (χ4n) is 2.85.